The van der Waals surface area contributed by atoms with Gasteiger partial charge in [-0.05, 0) is 13.8 Å². The first-order valence-electron chi connectivity index (χ1n) is 7.84. The fourth-order valence-corrected chi connectivity index (χ4v) is 5.40. The Morgan fingerprint density at radius 2 is 1.19 bits per heavy atom. The maximum absolute atomic E-state index is 10.6. The van der Waals surface area contributed by atoms with Crippen molar-refractivity contribution in [3.05, 3.63) is 12.2 Å². The Bertz CT molecular complexity index is 251. The second-order valence-corrected chi connectivity index (χ2v) is 8.58. The molecule has 0 atom stereocenters. The average Bonchev–Trinajstić information content (AvgIpc) is 2.46. The molecule has 0 fully saturated rings. The summed E-state index contributed by atoms with van der Waals surface area (Å²) in [5, 5.41) is 0. The van der Waals surface area contributed by atoms with Gasteiger partial charge in [-0.15, -0.1) is 0 Å². The molecule has 2 radical (unpaired) electrons. The molecular formula is C16H30O4Sn. The molecule has 0 aromatic heterocycles. The van der Waals surface area contributed by atoms with Crippen molar-refractivity contribution >= 4 is 33.1 Å². The van der Waals surface area contributed by atoms with E-state index in [1.807, 2.05) is 0 Å². The Morgan fingerprint density at radius 1 is 0.810 bits per heavy atom. The molecule has 0 aliphatic rings. The molecule has 0 aromatic rings. The first kappa shape index (κ1) is 22.8. The quantitative estimate of drug-likeness (QED) is 0.240. The third-order valence-electron chi connectivity index (χ3n) is 2.34. The van der Waals surface area contributed by atoms with Gasteiger partial charge in [-0.25, -0.2) is 9.59 Å². The fraction of sp³-hybridized carbons (Fsp3) is 0.750. The van der Waals surface area contributed by atoms with Crippen LogP contribution in [-0.4, -0.2) is 46.3 Å². The summed E-state index contributed by atoms with van der Waals surface area (Å²) in [6.07, 6.45) is 7.93. The molecule has 0 aliphatic heterocycles. The summed E-state index contributed by atoms with van der Waals surface area (Å²) < 4.78 is 12.3. The standard InChI is InChI=1S/C8H12O4.2C4H9.Sn/c1-3-11-7(9)5-6-8(10)12-4-2;2*1-3-4-2;/h5-6H,3-4H2,1-2H3;2*1,3-4H2,2H3;/b6-5-;;;. The predicted octanol–water partition coefficient (Wildman–Crippen LogP) is 3.80. The van der Waals surface area contributed by atoms with Crippen LogP contribution >= 0.6 is 0 Å². The maximum Gasteiger partial charge on any atom is 0.330 e. The van der Waals surface area contributed by atoms with Crippen molar-refractivity contribution in [2.45, 2.75) is 62.3 Å². The number of carbonyl (C=O) groups is 2. The van der Waals surface area contributed by atoms with Gasteiger partial charge < -0.3 is 9.47 Å². The SMILES string of the molecule is CCC[CH2][Sn][CH2]CCC.CCOC(=O)/C=C\C(=O)OCC. The molecule has 0 amide bonds. The van der Waals surface area contributed by atoms with Gasteiger partial charge in [0.15, 0.2) is 0 Å². The smallest absolute Gasteiger partial charge is 0.330 e. The van der Waals surface area contributed by atoms with Crippen molar-refractivity contribution in [1.82, 2.24) is 0 Å². The molecule has 0 unspecified atom stereocenters. The molecule has 0 heterocycles. The Kier molecular flexibility index (Phi) is 21.1. The van der Waals surface area contributed by atoms with Gasteiger partial charge in [0.05, 0.1) is 13.2 Å². The second kappa shape index (κ2) is 19.5. The van der Waals surface area contributed by atoms with Crippen molar-refractivity contribution in [2.75, 3.05) is 13.2 Å². The minimum absolute atomic E-state index is 0.149. The van der Waals surface area contributed by atoms with Gasteiger partial charge in [0.1, 0.15) is 0 Å². The van der Waals surface area contributed by atoms with Gasteiger partial charge >= 0.3 is 81.5 Å². The van der Waals surface area contributed by atoms with E-state index < -0.39 is 11.9 Å². The van der Waals surface area contributed by atoms with Gasteiger partial charge in [0.2, 0.25) is 0 Å². The summed E-state index contributed by atoms with van der Waals surface area (Å²) in [6.45, 7) is 8.56. The maximum atomic E-state index is 10.6. The molecule has 0 aliphatic carbocycles. The predicted molar refractivity (Wildman–Crippen MR) is 87.6 cm³/mol. The van der Waals surface area contributed by atoms with Crippen molar-refractivity contribution in [3.8, 4) is 0 Å². The Balaban J connectivity index is 0. The van der Waals surface area contributed by atoms with E-state index in [-0.39, 0.29) is 21.1 Å². The zero-order valence-electron chi connectivity index (χ0n) is 13.9. The van der Waals surface area contributed by atoms with Crippen molar-refractivity contribution in [3.63, 3.8) is 0 Å². The van der Waals surface area contributed by atoms with Gasteiger partial charge in [0, 0.05) is 12.2 Å². The Labute approximate surface area is 139 Å². The zero-order valence-corrected chi connectivity index (χ0v) is 16.8. The number of hydrogen-bond acceptors (Lipinski definition) is 4. The molecule has 0 bridgehead atoms. The van der Waals surface area contributed by atoms with Crippen molar-refractivity contribution in [2.24, 2.45) is 0 Å². The molecule has 0 spiro atoms. The molecular weight excluding hydrogens is 375 g/mol. The van der Waals surface area contributed by atoms with E-state index in [4.69, 9.17) is 0 Å². The number of rotatable bonds is 10. The normalized spacial score (nSPS) is 9.90. The number of unbranched alkanes of at least 4 members (excludes halogenated alkanes) is 2. The fourth-order valence-electron chi connectivity index (χ4n) is 1.25. The van der Waals surface area contributed by atoms with E-state index in [2.05, 4.69) is 23.3 Å². The first-order valence-corrected chi connectivity index (χ1v) is 11.9. The van der Waals surface area contributed by atoms with E-state index >= 15 is 0 Å². The van der Waals surface area contributed by atoms with Gasteiger partial charge in [-0.2, -0.15) is 0 Å². The number of ether oxygens (including phenoxy) is 2. The van der Waals surface area contributed by atoms with Gasteiger partial charge in [-0.3, -0.25) is 0 Å². The van der Waals surface area contributed by atoms with Crippen molar-refractivity contribution < 1.29 is 19.1 Å². The molecule has 0 rings (SSSR count). The summed E-state index contributed by atoms with van der Waals surface area (Å²) in [5.74, 6) is -1.07. The summed E-state index contributed by atoms with van der Waals surface area (Å²) in [4.78, 5) is 21.3. The largest absolute Gasteiger partial charge is 0.463 e. The third kappa shape index (κ3) is 21.9. The topological polar surface area (TPSA) is 52.6 Å². The number of esters is 2. The van der Waals surface area contributed by atoms with Gasteiger partial charge in [-0.1, -0.05) is 0 Å². The van der Waals surface area contributed by atoms with E-state index in [1.165, 1.54) is 25.7 Å². The Hall–Kier alpha value is -0.521. The van der Waals surface area contributed by atoms with E-state index in [0.29, 0.717) is 13.2 Å². The molecule has 0 N–H and O–H groups in total. The third-order valence-corrected chi connectivity index (χ3v) is 6.38. The molecule has 122 valence electrons. The van der Waals surface area contributed by atoms with Crippen LogP contribution in [0.2, 0.25) is 8.87 Å². The van der Waals surface area contributed by atoms with Crippen LogP contribution < -0.4 is 0 Å². The van der Waals surface area contributed by atoms with E-state index in [0.717, 1.165) is 12.2 Å². The monoisotopic (exact) mass is 406 g/mol. The van der Waals surface area contributed by atoms with Crippen LogP contribution in [0.15, 0.2) is 12.2 Å². The summed E-state index contributed by atoms with van der Waals surface area (Å²) in [7, 11) is 0. The summed E-state index contributed by atoms with van der Waals surface area (Å²) in [6, 6.07) is 0. The zero-order chi connectivity index (χ0) is 16.3. The molecule has 5 heteroatoms. The minimum atomic E-state index is -0.537. The van der Waals surface area contributed by atoms with E-state index in [9.17, 15) is 9.59 Å². The van der Waals surface area contributed by atoms with Crippen LogP contribution in [0.5, 0.6) is 0 Å². The number of hydrogen-bond donors (Lipinski definition) is 0. The average molecular weight is 405 g/mol. The number of carbonyl (C=O) groups excluding carboxylic acids is 2. The first-order chi connectivity index (χ1) is 10.1. The van der Waals surface area contributed by atoms with Crippen LogP contribution in [0.25, 0.3) is 0 Å². The molecule has 0 saturated carbocycles. The minimum Gasteiger partial charge on any atom is -0.463 e. The second-order valence-electron chi connectivity index (χ2n) is 4.29. The van der Waals surface area contributed by atoms with Crippen LogP contribution in [0.3, 0.4) is 0 Å². The molecule has 4 nitrogen and oxygen atoms in total. The van der Waals surface area contributed by atoms with Crippen LogP contribution in [-0.2, 0) is 19.1 Å². The Morgan fingerprint density at radius 3 is 1.48 bits per heavy atom. The summed E-state index contributed by atoms with van der Waals surface area (Å²) in [5.41, 5.74) is 0. The van der Waals surface area contributed by atoms with Crippen LogP contribution in [0, 0.1) is 0 Å². The van der Waals surface area contributed by atoms with Crippen LogP contribution in [0.1, 0.15) is 53.4 Å². The molecule has 21 heavy (non-hydrogen) atoms. The van der Waals surface area contributed by atoms with Crippen LogP contribution in [0.4, 0.5) is 0 Å². The van der Waals surface area contributed by atoms with Gasteiger partial charge in [0.25, 0.3) is 0 Å². The summed E-state index contributed by atoms with van der Waals surface area (Å²) >= 11 is 0.149. The molecule has 0 saturated heterocycles. The molecule has 0 aromatic carbocycles. The van der Waals surface area contributed by atoms with Crippen molar-refractivity contribution in [1.29, 1.82) is 0 Å². The van der Waals surface area contributed by atoms with E-state index in [1.54, 1.807) is 22.7 Å².